The first kappa shape index (κ1) is 13.9. The number of aromatic nitrogens is 3. The van der Waals surface area contributed by atoms with E-state index in [9.17, 15) is 8.78 Å². The highest BCUT2D eigenvalue weighted by Gasteiger charge is 2.16. The van der Waals surface area contributed by atoms with E-state index in [0.717, 1.165) is 25.1 Å². The molecule has 19 heavy (non-hydrogen) atoms. The fourth-order valence-electron chi connectivity index (χ4n) is 1.70. The van der Waals surface area contributed by atoms with Crippen LogP contribution in [0.15, 0.2) is 18.3 Å². The monoisotopic (exact) mass is 286 g/mol. The highest BCUT2D eigenvalue weighted by atomic mass is 35.5. The molecule has 7 heteroatoms. The molecule has 0 aliphatic rings. The van der Waals surface area contributed by atoms with Crippen LogP contribution < -0.4 is 5.32 Å². The van der Waals surface area contributed by atoms with Gasteiger partial charge in [-0.05, 0) is 19.0 Å². The van der Waals surface area contributed by atoms with Gasteiger partial charge in [-0.25, -0.2) is 13.5 Å². The zero-order valence-electron chi connectivity index (χ0n) is 10.3. The van der Waals surface area contributed by atoms with Gasteiger partial charge < -0.3 is 5.32 Å². The first-order valence-electron chi connectivity index (χ1n) is 5.88. The lowest BCUT2D eigenvalue weighted by molar-refractivity contribution is 0.565. The fourth-order valence-corrected chi connectivity index (χ4v) is 1.97. The van der Waals surface area contributed by atoms with Crippen LogP contribution in [0.2, 0.25) is 5.02 Å². The van der Waals surface area contributed by atoms with Gasteiger partial charge in [0.05, 0.1) is 16.9 Å². The van der Waals surface area contributed by atoms with Crippen LogP contribution in [0.1, 0.15) is 19.0 Å². The number of rotatable bonds is 5. The van der Waals surface area contributed by atoms with E-state index < -0.39 is 11.6 Å². The second-order valence-corrected chi connectivity index (χ2v) is 4.44. The highest BCUT2D eigenvalue weighted by Crippen LogP contribution is 2.25. The largest absolute Gasteiger partial charge is 0.311 e. The molecule has 2 aromatic rings. The Labute approximate surface area is 114 Å². The maximum absolute atomic E-state index is 13.8. The highest BCUT2D eigenvalue weighted by molar-refractivity contribution is 6.32. The molecule has 0 radical (unpaired) electrons. The molecule has 4 nitrogen and oxygen atoms in total. The zero-order chi connectivity index (χ0) is 13.8. The quantitative estimate of drug-likeness (QED) is 0.860. The Morgan fingerprint density at radius 3 is 2.84 bits per heavy atom. The molecule has 1 aromatic heterocycles. The molecule has 1 N–H and O–H groups in total. The molecule has 0 fully saturated rings. The standard InChI is InChI=1S/C12H13ClF2N4/c1-2-3-16-6-9-7-17-18-19(9)12-10(13)4-8(14)5-11(12)15/h4-5,7,16H,2-3,6H2,1H3. The SMILES string of the molecule is CCCNCc1cnnn1-c1c(F)cc(F)cc1Cl. The lowest BCUT2D eigenvalue weighted by Crippen LogP contribution is -2.17. The summed E-state index contributed by atoms with van der Waals surface area (Å²) >= 11 is 5.87. The molecule has 1 aromatic carbocycles. The minimum atomic E-state index is -0.771. The normalized spacial score (nSPS) is 10.9. The second-order valence-electron chi connectivity index (χ2n) is 4.03. The number of halogens is 3. The number of benzene rings is 1. The summed E-state index contributed by atoms with van der Waals surface area (Å²) in [5.41, 5.74) is 0.662. The molecule has 0 saturated carbocycles. The first-order chi connectivity index (χ1) is 9.13. The zero-order valence-corrected chi connectivity index (χ0v) is 11.1. The van der Waals surface area contributed by atoms with Crippen molar-refractivity contribution in [3.05, 3.63) is 40.7 Å². The number of hydrogen-bond acceptors (Lipinski definition) is 3. The summed E-state index contributed by atoms with van der Waals surface area (Å²) in [6, 6.07) is 1.82. The van der Waals surface area contributed by atoms with Crippen LogP contribution >= 0.6 is 11.6 Å². The number of hydrogen-bond donors (Lipinski definition) is 1. The average molecular weight is 287 g/mol. The van der Waals surface area contributed by atoms with Gasteiger partial charge in [-0.3, -0.25) is 0 Å². The van der Waals surface area contributed by atoms with Gasteiger partial charge >= 0.3 is 0 Å². The summed E-state index contributed by atoms with van der Waals surface area (Å²) in [4.78, 5) is 0. The maximum atomic E-state index is 13.8. The van der Waals surface area contributed by atoms with Crippen molar-refractivity contribution in [1.29, 1.82) is 0 Å². The summed E-state index contributed by atoms with van der Waals surface area (Å²) in [7, 11) is 0. The minimum Gasteiger partial charge on any atom is -0.311 e. The van der Waals surface area contributed by atoms with E-state index in [4.69, 9.17) is 11.6 Å². The summed E-state index contributed by atoms with van der Waals surface area (Å²) in [5, 5.41) is 10.6. The van der Waals surface area contributed by atoms with Gasteiger partial charge in [0, 0.05) is 12.6 Å². The van der Waals surface area contributed by atoms with E-state index in [2.05, 4.69) is 15.6 Å². The van der Waals surface area contributed by atoms with Crippen LogP contribution in [0.3, 0.4) is 0 Å². The van der Waals surface area contributed by atoms with E-state index in [1.807, 2.05) is 6.92 Å². The van der Waals surface area contributed by atoms with Gasteiger partial charge in [0.2, 0.25) is 0 Å². The minimum absolute atomic E-state index is 0.00821. The molecule has 0 aliphatic heterocycles. The van der Waals surface area contributed by atoms with E-state index >= 15 is 0 Å². The van der Waals surface area contributed by atoms with Gasteiger partial charge in [-0.2, -0.15) is 0 Å². The predicted molar refractivity (Wildman–Crippen MR) is 68.3 cm³/mol. The summed E-state index contributed by atoms with van der Waals surface area (Å²) in [6.07, 6.45) is 2.50. The number of nitrogens with one attached hydrogen (secondary N) is 1. The van der Waals surface area contributed by atoms with Crippen LogP contribution in [0, 0.1) is 11.6 Å². The Kier molecular flexibility index (Phi) is 4.44. The predicted octanol–water partition coefficient (Wildman–Crippen LogP) is 2.70. The van der Waals surface area contributed by atoms with Crippen LogP contribution in [-0.2, 0) is 6.54 Å². The molecule has 102 valence electrons. The fraction of sp³-hybridized carbons (Fsp3) is 0.333. The van der Waals surface area contributed by atoms with E-state index in [1.54, 1.807) is 0 Å². The van der Waals surface area contributed by atoms with Crippen molar-refractivity contribution >= 4 is 11.6 Å². The summed E-state index contributed by atoms with van der Waals surface area (Å²) < 4.78 is 28.1. The molecular weight excluding hydrogens is 274 g/mol. The third-order valence-corrected chi connectivity index (χ3v) is 2.83. The second kappa shape index (κ2) is 6.08. The van der Waals surface area contributed by atoms with Crippen molar-refractivity contribution in [2.24, 2.45) is 0 Å². The lowest BCUT2D eigenvalue weighted by Gasteiger charge is -2.09. The molecule has 0 unspecified atom stereocenters. The first-order valence-corrected chi connectivity index (χ1v) is 6.26. The Morgan fingerprint density at radius 1 is 1.37 bits per heavy atom. The topological polar surface area (TPSA) is 42.7 Å². The molecule has 0 amide bonds. The molecule has 1 heterocycles. The molecule has 0 atom stereocenters. The third kappa shape index (κ3) is 3.08. The van der Waals surface area contributed by atoms with Crippen LogP contribution in [-0.4, -0.2) is 21.5 Å². The van der Waals surface area contributed by atoms with Gasteiger partial charge in [0.25, 0.3) is 0 Å². The van der Waals surface area contributed by atoms with Crippen molar-refractivity contribution in [3.8, 4) is 5.69 Å². The average Bonchev–Trinajstić information content (AvgIpc) is 2.76. The van der Waals surface area contributed by atoms with Crippen LogP contribution in [0.5, 0.6) is 0 Å². The Hall–Kier alpha value is -1.53. The van der Waals surface area contributed by atoms with Crippen molar-refractivity contribution < 1.29 is 8.78 Å². The Morgan fingerprint density at radius 2 is 2.16 bits per heavy atom. The maximum Gasteiger partial charge on any atom is 0.153 e. The van der Waals surface area contributed by atoms with Crippen LogP contribution in [0.25, 0.3) is 5.69 Å². The van der Waals surface area contributed by atoms with Crippen molar-refractivity contribution in [2.45, 2.75) is 19.9 Å². The summed E-state index contributed by atoms with van der Waals surface area (Å²) in [5.74, 6) is -1.50. The molecular formula is C12H13ClF2N4. The van der Waals surface area contributed by atoms with Crippen molar-refractivity contribution in [1.82, 2.24) is 20.3 Å². The molecule has 0 aliphatic carbocycles. The van der Waals surface area contributed by atoms with E-state index in [0.29, 0.717) is 12.2 Å². The van der Waals surface area contributed by atoms with Crippen molar-refractivity contribution in [3.63, 3.8) is 0 Å². The van der Waals surface area contributed by atoms with Gasteiger partial charge in [0.15, 0.2) is 5.82 Å². The van der Waals surface area contributed by atoms with E-state index in [1.165, 1.54) is 10.9 Å². The Balaban J connectivity index is 2.35. The smallest absolute Gasteiger partial charge is 0.153 e. The van der Waals surface area contributed by atoms with Crippen LogP contribution in [0.4, 0.5) is 8.78 Å². The van der Waals surface area contributed by atoms with Gasteiger partial charge in [-0.15, -0.1) is 5.10 Å². The van der Waals surface area contributed by atoms with E-state index in [-0.39, 0.29) is 10.7 Å². The molecule has 0 saturated heterocycles. The molecule has 0 bridgehead atoms. The lowest BCUT2D eigenvalue weighted by atomic mass is 10.3. The molecule has 0 spiro atoms. The Bertz CT molecular complexity index is 548. The third-order valence-electron chi connectivity index (χ3n) is 2.55. The van der Waals surface area contributed by atoms with Crippen molar-refractivity contribution in [2.75, 3.05) is 6.54 Å². The number of nitrogens with zero attached hydrogens (tertiary/aromatic N) is 3. The van der Waals surface area contributed by atoms with Gasteiger partial charge in [0.1, 0.15) is 11.5 Å². The summed E-state index contributed by atoms with van der Waals surface area (Å²) in [6.45, 7) is 3.35. The molecule has 2 rings (SSSR count). The van der Waals surface area contributed by atoms with Gasteiger partial charge in [-0.1, -0.05) is 23.7 Å².